The number of carbonyl (C=O) groups excluding carboxylic acids is 2. The topological polar surface area (TPSA) is 151 Å². The highest BCUT2D eigenvalue weighted by Gasteiger charge is 2.24. The molecule has 4 N–H and O–H groups in total. The van der Waals surface area contributed by atoms with Crippen LogP contribution >= 0.6 is 0 Å². The van der Waals surface area contributed by atoms with Gasteiger partial charge < -0.3 is 29.9 Å². The first kappa shape index (κ1) is 23.3. The van der Waals surface area contributed by atoms with Crippen LogP contribution in [-0.4, -0.2) is 57.0 Å². The first-order valence-electron chi connectivity index (χ1n) is 6.87. The van der Waals surface area contributed by atoms with Gasteiger partial charge in [-0.25, -0.2) is 9.59 Å². The smallest absolute Gasteiger partial charge is 0.337 e. The Morgan fingerprint density at radius 3 is 1.74 bits per heavy atom. The molecular formula is C14H24O9. The molecule has 0 aliphatic heterocycles. The van der Waals surface area contributed by atoms with Gasteiger partial charge >= 0.3 is 17.9 Å². The number of ether oxygens (including phenoxy) is 2. The largest absolute Gasteiger partial charge is 0.478 e. The molecule has 134 valence electrons. The Hall–Kier alpha value is -1.97. The van der Waals surface area contributed by atoms with E-state index in [1.165, 1.54) is 6.92 Å². The first-order valence-corrected chi connectivity index (χ1v) is 6.87. The van der Waals surface area contributed by atoms with Crippen LogP contribution in [0.2, 0.25) is 0 Å². The zero-order chi connectivity index (χ0) is 18.6. The predicted molar refractivity (Wildman–Crippen MR) is 77.9 cm³/mol. The molecule has 0 spiro atoms. The number of aliphatic hydroxyl groups excluding tert-OH is 3. The summed E-state index contributed by atoms with van der Waals surface area (Å²) in [6.07, 6.45) is -4.53. The highest BCUT2D eigenvalue weighted by atomic mass is 16.6. The van der Waals surface area contributed by atoms with E-state index < -0.39 is 43.0 Å². The summed E-state index contributed by atoms with van der Waals surface area (Å²) in [5.74, 6) is -2.97. The monoisotopic (exact) mass is 336 g/mol. The van der Waals surface area contributed by atoms with Crippen molar-refractivity contribution < 1.29 is 44.3 Å². The van der Waals surface area contributed by atoms with Gasteiger partial charge in [0.15, 0.2) is 18.7 Å². The van der Waals surface area contributed by atoms with Gasteiger partial charge in [0.2, 0.25) is 0 Å². The van der Waals surface area contributed by atoms with Crippen molar-refractivity contribution in [3.8, 4) is 0 Å². The molecule has 0 fully saturated rings. The van der Waals surface area contributed by atoms with Crippen molar-refractivity contribution in [2.24, 2.45) is 0 Å². The number of carbonyl (C=O) groups is 3. The lowest BCUT2D eigenvalue weighted by atomic mass is 10.2. The van der Waals surface area contributed by atoms with Crippen LogP contribution in [0.3, 0.4) is 0 Å². The van der Waals surface area contributed by atoms with Gasteiger partial charge in [0.05, 0.1) is 6.42 Å². The van der Waals surface area contributed by atoms with Gasteiger partial charge in [-0.05, 0) is 6.92 Å². The zero-order valence-corrected chi connectivity index (χ0v) is 13.4. The Labute approximate surface area is 134 Å². The molecule has 0 radical (unpaired) electrons. The fourth-order valence-corrected chi connectivity index (χ4v) is 0.820. The molecule has 0 aromatic rings. The third kappa shape index (κ3) is 13.4. The Balaban J connectivity index is 0. The summed E-state index contributed by atoms with van der Waals surface area (Å²) in [7, 11) is 0. The SMILES string of the molecule is C=C(C)C(=O)O.CCC(O)OC(=O)CC(O)C(=O)OC(O)CC. The van der Waals surface area contributed by atoms with E-state index in [1.54, 1.807) is 13.8 Å². The van der Waals surface area contributed by atoms with Gasteiger partial charge in [0.1, 0.15) is 0 Å². The van der Waals surface area contributed by atoms with Gasteiger partial charge in [-0.15, -0.1) is 0 Å². The number of aliphatic carboxylic acids is 1. The molecule has 0 heterocycles. The fourth-order valence-electron chi connectivity index (χ4n) is 0.820. The average molecular weight is 336 g/mol. The summed E-state index contributed by atoms with van der Waals surface area (Å²) in [4.78, 5) is 31.8. The molecule has 0 aromatic carbocycles. The van der Waals surface area contributed by atoms with E-state index in [2.05, 4.69) is 16.1 Å². The number of hydrogen-bond acceptors (Lipinski definition) is 8. The number of hydrogen-bond donors (Lipinski definition) is 4. The van der Waals surface area contributed by atoms with Gasteiger partial charge in [-0.1, -0.05) is 20.4 Å². The van der Waals surface area contributed by atoms with E-state index in [-0.39, 0.29) is 18.4 Å². The third-order valence-electron chi connectivity index (χ3n) is 2.22. The van der Waals surface area contributed by atoms with Crippen LogP contribution in [0.1, 0.15) is 40.0 Å². The van der Waals surface area contributed by atoms with Crippen LogP contribution in [-0.2, 0) is 23.9 Å². The normalized spacial score (nSPS) is 13.7. The molecule has 9 nitrogen and oxygen atoms in total. The number of esters is 2. The maximum atomic E-state index is 11.1. The second-order valence-corrected chi connectivity index (χ2v) is 4.46. The third-order valence-corrected chi connectivity index (χ3v) is 2.22. The summed E-state index contributed by atoms with van der Waals surface area (Å²) < 4.78 is 8.83. The number of carboxylic acids is 1. The average Bonchev–Trinajstić information content (AvgIpc) is 2.46. The second-order valence-electron chi connectivity index (χ2n) is 4.46. The quantitative estimate of drug-likeness (QED) is 0.271. The number of aliphatic hydroxyl groups is 3. The summed E-state index contributed by atoms with van der Waals surface area (Å²) in [5.41, 5.74) is 0.176. The van der Waals surface area contributed by atoms with Crippen LogP contribution in [0, 0.1) is 0 Å². The van der Waals surface area contributed by atoms with Crippen molar-refractivity contribution in [3.05, 3.63) is 12.2 Å². The number of carboxylic acid groups (broad SMARTS) is 1. The molecule has 0 amide bonds. The molecule has 3 atom stereocenters. The fraction of sp³-hybridized carbons (Fsp3) is 0.643. The lowest BCUT2D eigenvalue weighted by molar-refractivity contribution is -0.184. The van der Waals surface area contributed by atoms with E-state index in [0.717, 1.165) is 0 Å². The van der Waals surface area contributed by atoms with Crippen LogP contribution in [0.4, 0.5) is 0 Å². The molecule has 9 heteroatoms. The van der Waals surface area contributed by atoms with E-state index in [4.69, 9.17) is 15.3 Å². The first-order chi connectivity index (χ1) is 10.5. The summed E-state index contributed by atoms with van der Waals surface area (Å²) in [5, 5.41) is 35.1. The Bertz CT molecular complexity index is 393. The van der Waals surface area contributed by atoms with E-state index in [0.29, 0.717) is 0 Å². The van der Waals surface area contributed by atoms with E-state index >= 15 is 0 Å². The Morgan fingerprint density at radius 2 is 1.39 bits per heavy atom. The second kappa shape index (κ2) is 12.6. The molecule has 23 heavy (non-hydrogen) atoms. The lowest BCUT2D eigenvalue weighted by Crippen LogP contribution is -2.31. The summed E-state index contributed by atoms with van der Waals surface area (Å²) in [6, 6.07) is 0. The van der Waals surface area contributed by atoms with E-state index in [9.17, 15) is 19.5 Å². The maximum absolute atomic E-state index is 11.1. The highest BCUT2D eigenvalue weighted by Crippen LogP contribution is 2.03. The van der Waals surface area contributed by atoms with Gasteiger partial charge in [0, 0.05) is 18.4 Å². The van der Waals surface area contributed by atoms with Crippen molar-refractivity contribution in [1.29, 1.82) is 0 Å². The van der Waals surface area contributed by atoms with E-state index in [1.807, 2.05) is 0 Å². The number of rotatable bonds is 8. The maximum Gasteiger partial charge on any atom is 0.337 e. The Kier molecular flexibility index (Phi) is 12.7. The van der Waals surface area contributed by atoms with Crippen molar-refractivity contribution in [2.75, 3.05) is 0 Å². The molecule has 0 saturated carbocycles. The molecule has 0 aliphatic rings. The van der Waals surface area contributed by atoms with Crippen molar-refractivity contribution >= 4 is 17.9 Å². The lowest BCUT2D eigenvalue weighted by Gasteiger charge is -2.14. The molecule has 0 saturated heterocycles. The van der Waals surface area contributed by atoms with Crippen molar-refractivity contribution in [2.45, 2.75) is 58.7 Å². The van der Waals surface area contributed by atoms with Crippen LogP contribution in [0.25, 0.3) is 0 Å². The standard InChI is InChI=1S/C10H18O7.C4H6O2/c1-3-7(12)16-9(14)5-6(11)10(15)17-8(13)4-2;1-3(2)4(5)6/h6-8,11-13H,3-5H2,1-2H3;1H2,2H3,(H,5,6). The molecule has 0 rings (SSSR count). The zero-order valence-electron chi connectivity index (χ0n) is 13.4. The summed E-state index contributed by atoms with van der Waals surface area (Å²) >= 11 is 0. The van der Waals surface area contributed by atoms with Crippen molar-refractivity contribution in [1.82, 2.24) is 0 Å². The van der Waals surface area contributed by atoms with Crippen LogP contribution < -0.4 is 0 Å². The van der Waals surface area contributed by atoms with Crippen LogP contribution in [0.5, 0.6) is 0 Å². The highest BCUT2D eigenvalue weighted by molar-refractivity contribution is 5.84. The molecular weight excluding hydrogens is 312 g/mol. The predicted octanol–water partition coefficient (Wildman–Crippen LogP) is -0.0723. The Morgan fingerprint density at radius 1 is 1.00 bits per heavy atom. The van der Waals surface area contributed by atoms with Crippen LogP contribution in [0.15, 0.2) is 12.2 Å². The minimum Gasteiger partial charge on any atom is -0.478 e. The molecule has 0 aliphatic carbocycles. The molecule has 0 bridgehead atoms. The minimum absolute atomic E-state index is 0.176. The molecule has 0 aromatic heterocycles. The minimum atomic E-state index is -1.72. The summed E-state index contributed by atoms with van der Waals surface area (Å²) in [6.45, 7) is 7.78. The van der Waals surface area contributed by atoms with Gasteiger partial charge in [-0.3, -0.25) is 4.79 Å². The van der Waals surface area contributed by atoms with Gasteiger partial charge in [0.25, 0.3) is 0 Å². The van der Waals surface area contributed by atoms with Crippen molar-refractivity contribution in [3.63, 3.8) is 0 Å². The van der Waals surface area contributed by atoms with Gasteiger partial charge in [-0.2, -0.15) is 0 Å². The molecule has 3 unspecified atom stereocenters.